The van der Waals surface area contributed by atoms with Crippen molar-refractivity contribution in [3.8, 4) is 22.5 Å². The predicted octanol–water partition coefficient (Wildman–Crippen LogP) is 3.18. The number of hydrogen-bond acceptors (Lipinski definition) is 6. The van der Waals surface area contributed by atoms with Gasteiger partial charge in [0.05, 0.1) is 6.54 Å². The van der Waals surface area contributed by atoms with Crippen LogP contribution in [0.2, 0.25) is 0 Å². The molecule has 0 spiro atoms. The van der Waals surface area contributed by atoms with Crippen LogP contribution in [-0.4, -0.2) is 35.4 Å². The third-order valence-corrected chi connectivity index (χ3v) is 5.07. The maximum Gasteiger partial charge on any atom is 0.275 e. The first kappa shape index (κ1) is 19.6. The quantitative estimate of drug-likeness (QED) is 0.510. The van der Waals surface area contributed by atoms with E-state index in [2.05, 4.69) is 49.9 Å². The third kappa shape index (κ3) is 4.03. The molecule has 0 atom stereocenters. The van der Waals surface area contributed by atoms with Gasteiger partial charge in [0.1, 0.15) is 11.5 Å². The van der Waals surface area contributed by atoms with Crippen LogP contribution < -0.4 is 5.56 Å². The van der Waals surface area contributed by atoms with E-state index < -0.39 is 0 Å². The summed E-state index contributed by atoms with van der Waals surface area (Å²) in [6.07, 6.45) is 2.76. The van der Waals surface area contributed by atoms with Gasteiger partial charge in [0.25, 0.3) is 5.56 Å². The highest BCUT2D eigenvalue weighted by Crippen LogP contribution is 2.29. The maximum atomic E-state index is 12.7. The monoisotopic (exact) mass is 401 g/mol. The van der Waals surface area contributed by atoms with Gasteiger partial charge in [0.15, 0.2) is 5.82 Å². The smallest absolute Gasteiger partial charge is 0.275 e. The molecule has 4 rings (SSSR count). The number of H-pyrrole nitrogens is 1. The first-order valence-corrected chi connectivity index (χ1v) is 10.0. The minimum Gasteiger partial charge on any atom is -0.289 e. The molecule has 0 unspecified atom stereocenters. The molecule has 0 aliphatic rings. The van der Waals surface area contributed by atoms with Gasteiger partial charge in [-0.05, 0) is 40.5 Å². The summed E-state index contributed by atoms with van der Waals surface area (Å²) in [5.74, 6) is 1.36. The Bertz CT molecular complexity index is 1180. The molecular weight excluding hydrogens is 378 g/mol. The van der Waals surface area contributed by atoms with Crippen LogP contribution in [0.1, 0.15) is 36.8 Å². The maximum absolute atomic E-state index is 12.7. The van der Waals surface area contributed by atoms with Crippen LogP contribution in [0, 0.1) is 6.92 Å². The second-order valence-corrected chi connectivity index (χ2v) is 7.19. The Hall–Kier alpha value is -3.68. The van der Waals surface area contributed by atoms with E-state index in [4.69, 9.17) is 0 Å². The molecule has 1 N–H and O–H groups in total. The lowest BCUT2D eigenvalue weighted by Crippen LogP contribution is -2.29. The van der Waals surface area contributed by atoms with E-state index in [1.807, 2.05) is 36.4 Å². The van der Waals surface area contributed by atoms with Gasteiger partial charge < -0.3 is 0 Å². The molecule has 0 amide bonds. The second-order valence-electron chi connectivity index (χ2n) is 7.19. The Labute approximate surface area is 174 Å². The fourth-order valence-corrected chi connectivity index (χ4v) is 3.41. The fraction of sp³-hybridized carbons (Fsp3) is 0.273. The Balaban J connectivity index is 1.64. The van der Waals surface area contributed by atoms with Gasteiger partial charge in [-0.1, -0.05) is 61.9 Å². The molecule has 0 aliphatic carbocycles. The van der Waals surface area contributed by atoms with Crippen LogP contribution in [0.15, 0.2) is 53.3 Å². The molecule has 8 heteroatoms. The van der Waals surface area contributed by atoms with E-state index in [-0.39, 0.29) is 5.56 Å². The average molecular weight is 401 g/mol. The first-order valence-electron chi connectivity index (χ1n) is 10.0. The Morgan fingerprint density at radius 3 is 2.43 bits per heavy atom. The second kappa shape index (κ2) is 8.77. The lowest BCUT2D eigenvalue weighted by molar-refractivity contribution is 0.604. The SMILES string of the molecule is CCCCc1nnc(C)c(=O)n1Cc1ccc(-c2ccccc2-c2nnn[nH]2)cc1. The van der Waals surface area contributed by atoms with Gasteiger partial charge in [-0.25, -0.2) is 5.10 Å². The van der Waals surface area contributed by atoms with Gasteiger partial charge in [0.2, 0.25) is 0 Å². The summed E-state index contributed by atoms with van der Waals surface area (Å²) < 4.78 is 1.74. The average Bonchev–Trinajstić information content (AvgIpc) is 3.32. The molecule has 0 aliphatic heterocycles. The van der Waals surface area contributed by atoms with Gasteiger partial charge >= 0.3 is 0 Å². The zero-order valence-corrected chi connectivity index (χ0v) is 17.0. The number of aromatic amines is 1. The molecule has 0 fully saturated rings. The summed E-state index contributed by atoms with van der Waals surface area (Å²) in [7, 11) is 0. The normalized spacial score (nSPS) is 11.0. The summed E-state index contributed by atoms with van der Waals surface area (Å²) in [6, 6.07) is 16.1. The van der Waals surface area contributed by atoms with Crippen molar-refractivity contribution >= 4 is 0 Å². The number of unbranched alkanes of at least 4 members (excludes halogenated alkanes) is 1. The van der Waals surface area contributed by atoms with Crippen LogP contribution in [0.5, 0.6) is 0 Å². The van der Waals surface area contributed by atoms with Gasteiger partial charge in [-0.3, -0.25) is 9.36 Å². The lowest BCUT2D eigenvalue weighted by atomic mass is 9.98. The highest BCUT2D eigenvalue weighted by atomic mass is 16.1. The highest BCUT2D eigenvalue weighted by molar-refractivity contribution is 5.80. The zero-order chi connectivity index (χ0) is 20.9. The number of tetrazole rings is 1. The van der Waals surface area contributed by atoms with Crippen LogP contribution >= 0.6 is 0 Å². The largest absolute Gasteiger partial charge is 0.289 e. The summed E-state index contributed by atoms with van der Waals surface area (Å²) in [5, 5.41) is 22.5. The summed E-state index contributed by atoms with van der Waals surface area (Å²) in [6.45, 7) is 4.30. The number of nitrogens with one attached hydrogen (secondary N) is 1. The van der Waals surface area contributed by atoms with Crippen LogP contribution in [0.4, 0.5) is 0 Å². The molecule has 2 heterocycles. The number of aromatic nitrogens is 7. The van der Waals surface area contributed by atoms with Crippen LogP contribution in [0.3, 0.4) is 0 Å². The third-order valence-electron chi connectivity index (χ3n) is 5.07. The van der Waals surface area contributed by atoms with E-state index in [0.29, 0.717) is 18.1 Å². The van der Waals surface area contributed by atoms with Crippen molar-refractivity contribution in [3.05, 3.63) is 76.0 Å². The minimum atomic E-state index is -0.0802. The van der Waals surface area contributed by atoms with Crippen LogP contribution in [0.25, 0.3) is 22.5 Å². The van der Waals surface area contributed by atoms with Crippen LogP contribution in [-0.2, 0) is 13.0 Å². The number of nitrogens with zero attached hydrogens (tertiary/aromatic N) is 6. The Kier molecular flexibility index (Phi) is 5.74. The molecule has 152 valence electrons. The van der Waals surface area contributed by atoms with E-state index in [1.54, 1.807) is 11.5 Å². The van der Waals surface area contributed by atoms with Crippen molar-refractivity contribution in [3.63, 3.8) is 0 Å². The standard InChI is InChI=1S/C22H23N7O/c1-3-4-9-20-24-23-15(2)22(30)29(20)14-16-10-12-17(13-11-16)18-7-5-6-8-19(18)21-25-27-28-26-21/h5-8,10-13H,3-4,9,14H2,1-2H3,(H,25,26,27,28). The van der Waals surface area contributed by atoms with E-state index in [0.717, 1.165) is 47.3 Å². The molecule has 4 aromatic rings. The topological polar surface area (TPSA) is 102 Å². The van der Waals surface area contributed by atoms with E-state index in [9.17, 15) is 4.79 Å². The molecule has 0 saturated heterocycles. The molecule has 8 nitrogen and oxygen atoms in total. The summed E-state index contributed by atoms with van der Waals surface area (Å²) >= 11 is 0. The molecule has 2 aromatic carbocycles. The van der Waals surface area contributed by atoms with Crippen molar-refractivity contribution in [1.82, 2.24) is 35.4 Å². The predicted molar refractivity (Wildman–Crippen MR) is 114 cm³/mol. The van der Waals surface area contributed by atoms with Gasteiger partial charge in [-0.15, -0.1) is 15.3 Å². The van der Waals surface area contributed by atoms with Crippen molar-refractivity contribution in [2.75, 3.05) is 0 Å². The van der Waals surface area contributed by atoms with Gasteiger partial charge in [-0.2, -0.15) is 0 Å². The molecule has 0 saturated carbocycles. The number of hydrogen-bond donors (Lipinski definition) is 1. The summed E-state index contributed by atoms with van der Waals surface area (Å²) in [4.78, 5) is 12.7. The summed E-state index contributed by atoms with van der Waals surface area (Å²) in [5.41, 5.74) is 4.38. The molecular formula is C22H23N7O. The van der Waals surface area contributed by atoms with Crippen molar-refractivity contribution in [2.24, 2.45) is 0 Å². The van der Waals surface area contributed by atoms with E-state index >= 15 is 0 Å². The Morgan fingerprint density at radius 1 is 0.967 bits per heavy atom. The molecule has 30 heavy (non-hydrogen) atoms. The Morgan fingerprint density at radius 2 is 1.73 bits per heavy atom. The number of rotatable bonds is 7. The highest BCUT2D eigenvalue weighted by Gasteiger charge is 2.12. The molecule has 2 aromatic heterocycles. The first-order chi connectivity index (χ1) is 14.7. The van der Waals surface area contributed by atoms with Crippen molar-refractivity contribution in [1.29, 1.82) is 0 Å². The van der Waals surface area contributed by atoms with Crippen molar-refractivity contribution < 1.29 is 0 Å². The number of benzene rings is 2. The van der Waals surface area contributed by atoms with Gasteiger partial charge in [0, 0.05) is 12.0 Å². The minimum absolute atomic E-state index is 0.0802. The lowest BCUT2D eigenvalue weighted by Gasteiger charge is -2.13. The fourth-order valence-electron chi connectivity index (χ4n) is 3.41. The van der Waals surface area contributed by atoms with Crippen molar-refractivity contribution in [2.45, 2.75) is 39.7 Å². The van der Waals surface area contributed by atoms with E-state index in [1.165, 1.54) is 0 Å². The molecule has 0 radical (unpaired) electrons. The number of aryl methyl sites for hydroxylation is 2. The molecule has 0 bridgehead atoms. The zero-order valence-electron chi connectivity index (χ0n) is 17.0.